The Morgan fingerprint density at radius 1 is 0.871 bits per heavy atom. The molecule has 1 aliphatic heterocycles. The molecule has 0 bridgehead atoms. The van der Waals surface area contributed by atoms with Crippen LogP contribution in [0.3, 0.4) is 0 Å². The van der Waals surface area contributed by atoms with Crippen molar-refractivity contribution in [2.75, 3.05) is 21.3 Å². The van der Waals surface area contributed by atoms with Crippen LogP contribution < -0.4 is 9.47 Å². The molecule has 2 aromatic carbocycles. The van der Waals surface area contributed by atoms with E-state index in [1.807, 2.05) is 0 Å². The third-order valence-corrected chi connectivity index (χ3v) is 4.82. The third kappa shape index (κ3) is 3.45. The molecule has 0 saturated heterocycles. The number of hydrogen-bond donors (Lipinski definition) is 0. The Morgan fingerprint density at radius 3 is 1.84 bits per heavy atom. The second kappa shape index (κ2) is 8.25. The van der Waals surface area contributed by atoms with Crippen LogP contribution in [-0.2, 0) is 9.53 Å². The molecule has 164 valence electrons. The summed E-state index contributed by atoms with van der Waals surface area (Å²) >= 11 is 0. The molecule has 0 spiro atoms. The van der Waals surface area contributed by atoms with Crippen LogP contribution in [0.25, 0.3) is 0 Å². The normalized spacial score (nSPS) is 13.8. The number of ether oxygens (including phenoxy) is 3. The zero-order chi connectivity index (χ0) is 23.0. The number of carbonyl (C=O) groups is 3. The lowest BCUT2D eigenvalue weighted by Crippen LogP contribution is -2.35. The molecular weight excluding hydrogens is 426 g/mol. The minimum atomic E-state index is -2.23. The van der Waals surface area contributed by atoms with Gasteiger partial charge in [-0.1, -0.05) is 6.07 Å². The molecule has 0 saturated carbocycles. The highest BCUT2D eigenvalue weighted by molar-refractivity contribution is 6.22. The predicted octanol–water partition coefficient (Wildman–Crippen LogP) is 3.16. The number of hydrogen-bond acceptors (Lipinski definition) is 6. The lowest BCUT2D eigenvalue weighted by molar-refractivity contribution is -0.141. The summed E-state index contributed by atoms with van der Waals surface area (Å²) < 4.78 is 70.7. The van der Waals surface area contributed by atoms with Gasteiger partial charge in [0.2, 0.25) is 0 Å². The maximum Gasteiger partial charge on any atom is 0.307 e. The lowest BCUT2D eigenvalue weighted by atomic mass is 10.0. The first-order valence-electron chi connectivity index (χ1n) is 8.70. The van der Waals surface area contributed by atoms with Crippen molar-refractivity contribution in [1.29, 1.82) is 0 Å². The maximum atomic E-state index is 14.2. The van der Waals surface area contributed by atoms with Gasteiger partial charge in [0.1, 0.15) is 0 Å². The zero-order valence-electron chi connectivity index (χ0n) is 16.4. The Labute approximate surface area is 173 Å². The van der Waals surface area contributed by atoms with E-state index in [-0.39, 0.29) is 17.1 Å². The summed E-state index contributed by atoms with van der Waals surface area (Å²) in [4.78, 5) is 37.9. The van der Waals surface area contributed by atoms with Crippen LogP contribution in [0.15, 0.2) is 18.2 Å². The predicted molar refractivity (Wildman–Crippen MR) is 95.7 cm³/mol. The average molecular weight is 441 g/mol. The lowest BCUT2D eigenvalue weighted by Gasteiger charge is -2.26. The Kier molecular flexibility index (Phi) is 5.87. The summed E-state index contributed by atoms with van der Waals surface area (Å²) in [7, 11) is 3.73. The molecule has 0 aromatic heterocycles. The number of fused-ring (bicyclic) bond motifs is 1. The summed E-state index contributed by atoms with van der Waals surface area (Å²) in [6, 6.07) is 2.71. The SMILES string of the molecule is COC(=O)CC(c1ccc(OC)c(OC)c1)N1C(=O)c2c(F)c(F)c(F)c(F)c2C1=O. The summed E-state index contributed by atoms with van der Waals surface area (Å²) in [6.07, 6.45) is -0.606. The van der Waals surface area contributed by atoms with E-state index in [1.165, 1.54) is 32.4 Å². The number of imide groups is 1. The van der Waals surface area contributed by atoms with Crippen molar-refractivity contribution in [2.45, 2.75) is 12.5 Å². The number of amides is 2. The number of esters is 1. The standard InChI is InChI=1S/C20H15F4NO6/c1-29-10-5-4-8(6-11(10)30-2)9(7-12(26)31-3)25-19(27)13-14(20(25)28)16(22)18(24)17(23)15(13)21/h4-6,9H,7H2,1-3H3. The molecular formula is C20H15F4NO6. The first-order valence-corrected chi connectivity index (χ1v) is 8.70. The molecule has 31 heavy (non-hydrogen) atoms. The van der Waals surface area contributed by atoms with Gasteiger partial charge in [0, 0.05) is 0 Å². The number of carbonyl (C=O) groups excluding carboxylic acids is 3. The molecule has 11 heteroatoms. The molecule has 7 nitrogen and oxygen atoms in total. The van der Waals surface area contributed by atoms with Gasteiger partial charge in [0.25, 0.3) is 11.8 Å². The molecule has 1 heterocycles. The van der Waals surface area contributed by atoms with Gasteiger partial charge in [-0.3, -0.25) is 19.3 Å². The molecule has 2 aromatic rings. The number of nitrogens with zero attached hydrogens (tertiary/aromatic N) is 1. The third-order valence-electron chi connectivity index (χ3n) is 4.82. The Balaban J connectivity index is 2.18. The fourth-order valence-corrected chi connectivity index (χ4v) is 3.31. The molecule has 0 radical (unpaired) electrons. The maximum absolute atomic E-state index is 14.2. The molecule has 2 amide bonds. The van der Waals surface area contributed by atoms with Gasteiger partial charge < -0.3 is 14.2 Å². The van der Waals surface area contributed by atoms with Gasteiger partial charge >= 0.3 is 5.97 Å². The van der Waals surface area contributed by atoms with Crippen molar-refractivity contribution in [3.8, 4) is 11.5 Å². The van der Waals surface area contributed by atoms with Crippen LogP contribution in [0.2, 0.25) is 0 Å². The molecule has 0 aliphatic carbocycles. The van der Waals surface area contributed by atoms with Gasteiger partial charge in [-0.2, -0.15) is 0 Å². The van der Waals surface area contributed by atoms with Crippen LogP contribution in [0.1, 0.15) is 38.7 Å². The highest BCUT2D eigenvalue weighted by Gasteiger charge is 2.47. The molecule has 0 fully saturated rings. The van der Waals surface area contributed by atoms with Gasteiger partial charge in [-0.25, -0.2) is 17.6 Å². The second-order valence-corrected chi connectivity index (χ2v) is 6.40. The van der Waals surface area contributed by atoms with Gasteiger partial charge in [-0.15, -0.1) is 0 Å². The van der Waals surface area contributed by atoms with Crippen molar-refractivity contribution in [1.82, 2.24) is 4.90 Å². The van der Waals surface area contributed by atoms with Crippen molar-refractivity contribution >= 4 is 17.8 Å². The first-order chi connectivity index (χ1) is 14.7. The van der Waals surface area contributed by atoms with E-state index in [1.54, 1.807) is 0 Å². The summed E-state index contributed by atoms with van der Waals surface area (Å²) in [5.41, 5.74) is -2.37. The second-order valence-electron chi connectivity index (χ2n) is 6.40. The Hall–Kier alpha value is -3.63. The fraction of sp³-hybridized carbons (Fsp3) is 0.250. The largest absolute Gasteiger partial charge is 0.493 e. The molecule has 0 N–H and O–H groups in total. The minimum absolute atomic E-state index is 0.138. The van der Waals surface area contributed by atoms with E-state index in [4.69, 9.17) is 9.47 Å². The fourth-order valence-electron chi connectivity index (χ4n) is 3.31. The highest BCUT2D eigenvalue weighted by atomic mass is 19.2. The quantitative estimate of drug-likeness (QED) is 0.225. The van der Waals surface area contributed by atoms with Crippen molar-refractivity contribution < 1.29 is 46.2 Å². The van der Waals surface area contributed by atoms with Gasteiger partial charge in [0.05, 0.1) is 44.9 Å². The van der Waals surface area contributed by atoms with Gasteiger partial charge in [-0.05, 0) is 17.7 Å². The van der Waals surface area contributed by atoms with Crippen LogP contribution in [0, 0.1) is 23.3 Å². The monoisotopic (exact) mass is 441 g/mol. The molecule has 3 rings (SSSR count). The first kappa shape index (κ1) is 22.1. The summed E-state index contributed by atoms with van der Waals surface area (Å²) in [5, 5.41) is 0. The number of rotatable bonds is 6. The Morgan fingerprint density at radius 2 is 1.39 bits per heavy atom. The molecule has 1 atom stereocenters. The van der Waals surface area contributed by atoms with Crippen molar-refractivity contribution in [2.24, 2.45) is 0 Å². The van der Waals surface area contributed by atoms with Crippen LogP contribution in [-0.4, -0.2) is 44.0 Å². The van der Waals surface area contributed by atoms with E-state index in [2.05, 4.69) is 4.74 Å². The van der Waals surface area contributed by atoms with E-state index < -0.39 is 64.6 Å². The topological polar surface area (TPSA) is 82.1 Å². The van der Waals surface area contributed by atoms with E-state index >= 15 is 0 Å². The Bertz CT molecular complexity index is 1060. The molecule has 1 aliphatic rings. The zero-order valence-corrected chi connectivity index (χ0v) is 16.4. The van der Waals surface area contributed by atoms with Crippen LogP contribution in [0.5, 0.6) is 11.5 Å². The van der Waals surface area contributed by atoms with Crippen LogP contribution >= 0.6 is 0 Å². The van der Waals surface area contributed by atoms with Crippen LogP contribution in [0.4, 0.5) is 17.6 Å². The summed E-state index contributed by atoms with van der Waals surface area (Å²) in [6.45, 7) is 0. The van der Waals surface area contributed by atoms with E-state index in [0.717, 1.165) is 7.11 Å². The summed E-state index contributed by atoms with van der Waals surface area (Å²) in [5.74, 6) is -11.7. The number of benzene rings is 2. The van der Waals surface area contributed by atoms with Crippen molar-refractivity contribution in [3.05, 3.63) is 58.2 Å². The van der Waals surface area contributed by atoms with E-state index in [9.17, 15) is 31.9 Å². The minimum Gasteiger partial charge on any atom is -0.493 e. The number of halogens is 4. The number of methoxy groups -OCH3 is 3. The van der Waals surface area contributed by atoms with E-state index in [0.29, 0.717) is 4.90 Å². The average Bonchev–Trinajstić information content (AvgIpc) is 3.03. The van der Waals surface area contributed by atoms with Gasteiger partial charge in [0.15, 0.2) is 34.8 Å². The highest BCUT2D eigenvalue weighted by Crippen LogP contribution is 2.39. The smallest absolute Gasteiger partial charge is 0.307 e. The van der Waals surface area contributed by atoms with Crippen molar-refractivity contribution in [3.63, 3.8) is 0 Å². The molecule has 1 unspecified atom stereocenters.